The van der Waals surface area contributed by atoms with Crippen LogP contribution in [0.15, 0.2) is 0 Å². The van der Waals surface area contributed by atoms with Gasteiger partial charge in [0.15, 0.2) is 0 Å². The topological polar surface area (TPSA) is 21.3 Å². The first-order chi connectivity index (χ1) is 5.86. The fourth-order valence-electron chi connectivity index (χ4n) is 1.80. The molecule has 0 aromatic heterocycles. The van der Waals surface area contributed by atoms with Crippen molar-refractivity contribution in [3.8, 4) is 0 Å². The molecule has 0 heterocycles. The summed E-state index contributed by atoms with van der Waals surface area (Å²) in [5.41, 5.74) is 0. The Kier molecular flexibility index (Phi) is 5.19. The molecule has 0 saturated heterocycles. The van der Waals surface area contributed by atoms with Crippen molar-refractivity contribution in [1.29, 1.82) is 0 Å². The van der Waals surface area contributed by atoms with Crippen molar-refractivity contribution < 1.29 is 4.74 Å². The number of halogens is 1. The van der Waals surface area contributed by atoms with E-state index in [-0.39, 0.29) is 0 Å². The van der Waals surface area contributed by atoms with Crippen LogP contribution in [-0.2, 0) is 4.74 Å². The zero-order chi connectivity index (χ0) is 8.81. The fraction of sp³-hybridized carbons (Fsp3) is 1.00. The van der Waals surface area contributed by atoms with Gasteiger partial charge in [-0.1, -0.05) is 15.9 Å². The minimum absolute atomic E-state index is 0.492. The van der Waals surface area contributed by atoms with E-state index in [4.69, 9.17) is 4.74 Å². The van der Waals surface area contributed by atoms with Gasteiger partial charge in [-0.2, -0.15) is 0 Å². The maximum Gasteiger partial charge on any atom is 0.0586 e. The van der Waals surface area contributed by atoms with Crippen LogP contribution in [0.3, 0.4) is 0 Å². The van der Waals surface area contributed by atoms with Gasteiger partial charge in [0.25, 0.3) is 0 Å². The van der Waals surface area contributed by atoms with Crippen LogP contribution in [0.4, 0.5) is 0 Å². The maximum atomic E-state index is 5.35. The molecule has 2 atom stereocenters. The molecule has 1 saturated carbocycles. The van der Waals surface area contributed by atoms with Gasteiger partial charge in [-0.15, -0.1) is 0 Å². The molecular weight excluding hydrogens is 218 g/mol. The van der Waals surface area contributed by atoms with Crippen LogP contribution in [0.1, 0.15) is 25.7 Å². The molecule has 12 heavy (non-hydrogen) atoms. The molecule has 0 aromatic carbocycles. The fourth-order valence-corrected chi connectivity index (χ4v) is 2.03. The highest BCUT2D eigenvalue weighted by molar-refractivity contribution is 9.09. The van der Waals surface area contributed by atoms with Crippen LogP contribution in [0, 0.1) is 0 Å². The SMILES string of the molecule is COC1CCCC(NCCBr)C1. The first-order valence-electron chi connectivity index (χ1n) is 4.69. The molecule has 0 amide bonds. The number of ether oxygens (including phenoxy) is 1. The number of methoxy groups -OCH3 is 1. The Labute approximate surface area is 83.2 Å². The second kappa shape index (κ2) is 5.95. The van der Waals surface area contributed by atoms with Crippen molar-refractivity contribution in [2.45, 2.75) is 37.8 Å². The Morgan fingerprint density at radius 3 is 3.00 bits per heavy atom. The highest BCUT2D eigenvalue weighted by Gasteiger charge is 2.20. The van der Waals surface area contributed by atoms with E-state index >= 15 is 0 Å². The van der Waals surface area contributed by atoms with Crippen LogP contribution in [0.2, 0.25) is 0 Å². The third-order valence-electron chi connectivity index (χ3n) is 2.49. The Morgan fingerprint density at radius 1 is 1.50 bits per heavy atom. The van der Waals surface area contributed by atoms with E-state index in [1.54, 1.807) is 0 Å². The van der Waals surface area contributed by atoms with Gasteiger partial charge >= 0.3 is 0 Å². The van der Waals surface area contributed by atoms with Gasteiger partial charge in [0.05, 0.1) is 6.10 Å². The smallest absolute Gasteiger partial charge is 0.0586 e. The summed E-state index contributed by atoms with van der Waals surface area (Å²) < 4.78 is 5.35. The third-order valence-corrected chi connectivity index (χ3v) is 2.88. The van der Waals surface area contributed by atoms with Gasteiger partial charge in [0.1, 0.15) is 0 Å². The van der Waals surface area contributed by atoms with Crippen LogP contribution >= 0.6 is 15.9 Å². The first kappa shape index (κ1) is 10.5. The van der Waals surface area contributed by atoms with E-state index in [9.17, 15) is 0 Å². The van der Waals surface area contributed by atoms with Gasteiger partial charge in [0.2, 0.25) is 0 Å². The van der Waals surface area contributed by atoms with Gasteiger partial charge < -0.3 is 10.1 Å². The van der Waals surface area contributed by atoms with Gasteiger partial charge in [-0.3, -0.25) is 0 Å². The maximum absolute atomic E-state index is 5.35. The van der Waals surface area contributed by atoms with Crippen molar-refractivity contribution >= 4 is 15.9 Å². The van der Waals surface area contributed by atoms with Crippen molar-refractivity contribution in [3.05, 3.63) is 0 Å². The summed E-state index contributed by atoms with van der Waals surface area (Å²) >= 11 is 3.41. The summed E-state index contributed by atoms with van der Waals surface area (Å²) in [6.45, 7) is 1.07. The Balaban J connectivity index is 2.16. The predicted octanol–water partition coefficient (Wildman–Crippen LogP) is 1.93. The normalized spacial score (nSPS) is 30.5. The average Bonchev–Trinajstić information content (AvgIpc) is 2.15. The summed E-state index contributed by atoms with van der Waals surface area (Å²) in [5.74, 6) is 0. The highest BCUT2D eigenvalue weighted by atomic mass is 79.9. The molecule has 2 nitrogen and oxygen atoms in total. The lowest BCUT2D eigenvalue weighted by Gasteiger charge is -2.28. The molecular formula is C9H18BrNO. The third kappa shape index (κ3) is 3.42. The molecule has 1 aliphatic carbocycles. The minimum Gasteiger partial charge on any atom is -0.381 e. The largest absolute Gasteiger partial charge is 0.381 e. The zero-order valence-corrected chi connectivity index (χ0v) is 9.27. The van der Waals surface area contributed by atoms with Gasteiger partial charge in [-0.05, 0) is 25.7 Å². The quantitative estimate of drug-likeness (QED) is 0.753. The predicted molar refractivity (Wildman–Crippen MR) is 54.8 cm³/mol. The lowest BCUT2D eigenvalue weighted by atomic mass is 9.93. The molecule has 1 aliphatic rings. The van der Waals surface area contributed by atoms with E-state index in [1.165, 1.54) is 25.7 Å². The lowest BCUT2D eigenvalue weighted by molar-refractivity contribution is 0.0593. The summed E-state index contributed by atoms with van der Waals surface area (Å²) in [4.78, 5) is 0. The summed E-state index contributed by atoms with van der Waals surface area (Å²) in [5, 5.41) is 4.55. The molecule has 72 valence electrons. The van der Waals surface area contributed by atoms with E-state index in [0.29, 0.717) is 12.1 Å². The summed E-state index contributed by atoms with van der Waals surface area (Å²) in [6, 6.07) is 0.682. The Morgan fingerprint density at radius 2 is 2.33 bits per heavy atom. The standard InChI is InChI=1S/C9H18BrNO/c1-12-9-4-2-3-8(7-9)11-6-5-10/h8-9,11H,2-7H2,1H3. The molecule has 0 bridgehead atoms. The van der Waals surface area contributed by atoms with Gasteiger partial charge in [-0.25, -0.2) is 0 Å². The second-order valence-corrected chi connectivity index (χ2v) is 4.16. The van der Waals surface area contributed by atoms with Crippen LogP contribution in [0.25, 0.3) is 0 Å². The lowest BCUT2D eigenvalue weighted by Crippen LogP contribution is -2.37. The Bertz CT molecular complexity index is 121. The number of alkyl halides is 1. The monoisotopic (exact) mass is 235 g/mol. The number of nitrogens with one attached hydrogen (secondary N) is 1. The molecule has 0 spiro atoms. The van der Waals surface area contributed by atoms with Crippen LogP contribution < -0.4 is 5.32 Å². The minimum atomic E-state index is 0.492. The second-order valence-electron chi connectivity index (χ2n) is 3.36. The molecule has 0 aliphatic heterocycles. The number of rotatable bonds is 4. The van der Waals surface area contributed by atoms with Crippen molar-refractivity contribution in [1.82, 2.24) is 5.32 Å². The molecule has 0 aromatic rings. The Hall–Kier alpha value is 0.400. The molecule has 1 rings (SSSR count). The summed E-state index contributed by atoms with van der Waals surface area (Å²) in [7, 11) is 1.82. The first-order valence-corrected chi connectivity index (χ1v) is 5.81. The van der Waals surface area contributed by atoms with E-state index in [0.717, 1.165) is 11.9 Å². The molecule has 0 radical (unpaired) electrons. The zero-order valence-electron chi connectivity index (χ0n) is 7.68. The highest BCUT2D eigenvalue weighted by Crippen LogP contribution is 2.20. The summed E-state index contributed by atoms with van der Waals surface area (Å²) in [6.07, 6.45) is 5.53. The van der Waals surface area contributed by atoms with Crippen LogP contribution in [0.5, 0.6) is 0 Å². The molecule has 3 heteroatoms. The van der Waals surface area contributed by atoms with Crippen LogP contribution in [-0.4, -0.2) is 31.1 Å². The molecule has 1 fully saturated rings. The van der Waals surface area contributed by atoms with E-state index in [2.05, 4.69) is 21.2 Å². The van der Waals surface area contributed by atoms with Crippen molar-refractivity contribution in [2.75, 3.05) is 19.0 Å². The molecule has 2 unspecified atom stereocenters. The van der Waals surface area contributed by atoms with Crippen molar-refractivity contribution in [2.24, 2.45) is 0 Å². The van der Waals surface area contributed by atoms with Crippen molar-refractivity contribution in [3.63, 3.8) is 0 Å². The van der Waals surface area contributed by atoms with Gasteiger partial charge in [0, 0.05) is 25.0 Å². The van der Waals surface area contributed by atoms with E-state index in [1.807, 2.05) is 7.11 Å². The molecule has 1 N–H and O–H groups in total. The average molecular weight is 236 g/mol. The van der Waals surface area contributed by atoms with E-state index < -0.39 is 0 Å². The number of hydrogen-bond donors (Lipinski definition) is 1. The number of hydrogen-bond acceptors (Lipinski definition) is 2.